The summed E-state index contributed by atoms with van der Waals surface area (Å²) in [4.78, 5) is 0. The topological polar surface area (TPSA) is 0 Å². The molecule has 0 saturated carbocycles. The van der Waals surface area contributed by atoms with Gasteiger partial charge in [0.05, 0.1) is 0 Å². The van der Waals surface area contributed by atoms with Gasteiger partial charge in [-0.1, -0.05) is 48.7 Å². The van der Waals surface area contributed by atoms with Gasteiger partial charge >= 0.3 is 0 Å². The van der Waals surface area contributed by atoms with Crippen LogP contribution in [0.5, 0.6) is 0 Å². The average molecular weight is 305 g/mol. The molecule has 0 N–H and O–H groups in total. The van der Waals surface area contributed by atoms with Crippen molar-refractivity contribution >= 4 is 35.3 Å². The summed E-state index contributed by atoms with van der Waals surface area (Å²) in [5.41, 5.74) is 3.82. The molecule has 0 nitrogen and oxygen atoms in total. The molecule has 0 aliphatic heterocycles. The molecule has 0 heterocycles. The summed E-state index contributed by atoms with van der Waals surface area (Å²) in [5.74, 6) is 0. The summed E-state index contributed by atoms with van der Waals surface area (Å²) in [7, 11) is 2.11. The fraction of sp³-hybridized carbons (Fsp3) is 0.0769. The third-order valence-corrected chi connectivity index (χ3v) is 3.14. The van der Waals surface area contributed by atoms with Crippen molar-refractivity contribution in [3.8, 4) is 11.1 Å². The molecule has 0 aliphatic carbocycles. The molecule has 0 spiro atoms. The van der Waals surface area contributed by atoms with E-state index >= 15 is 0 Å². The van der Waals surface area contributed by atoms with Gasteiger partial charge in [-0.05, 0) is 45.9 Å². The number of hydrogen-bond donors (Lipinski definition) is 0. The Morgan fingerprint density at radius 3 is 1.73 bits per heavy atom. The Bertz CT molecular complexity index is 431. The maximum absolute atomic E-state index is 2.32. The first-order valence-electron chi connectivity index (χ1n) is 4.95. The Balaban J connectivity index is 2.33. The molecule has 73 valence electrons. The zero-order valence-electron chi connectivity index (χ0n) is 8.57. The van der Waals surface area contributed by atoms with Gasteiger partial charge in [-0.2, -0.15) is 0 Å². The van der Waals surface area contributed by atoms with Gasteiger partial charge in [0.1, 0.15) is 7.28 Å². The Hall–Kier alpha value is -0.765. The average Bonchev–Trinajstić information content (AvgIpc) is 2.30. The molecule has 2 heteroatoms. The van der Waals surface area contributed by atoms with E-state index in [2.05, 4.69) is 85.2 Å². The van der Waals surface area contributed by atoms with Crippen LogP contribution >= 0.6 is 22.6 Å². The Morgan fingerprint density at radius 1 is 0.800 bits per heavy atom. The van der Waals surface area contributed by atoms with Crippen LogP contribution in [0.25, 0.3) is 11.1 Å². The molecule has 15 heavy (non-hydrogen) atoms. The Kier molecular flexibility index (Phi) is 3.47. The smallest absolute Gasteiger partial charge is 0.0881 e. The van der Waals surface area contributed by atoms with E-state index in [1.165, 1.54) is 20.2 Å². The maximum Gasteiger partial charge on any atom is 0.148 e. The van der Waals surface area contributed by atoms with Gasteiger partial charge in [-0.15, -0.1) is 0 Å². The van der Waals surface area contributed by atoms with E-state index < -0.39 is 0 Å². The fourth-order valence-corrected chi connectivity index (χ4v) is 1.87. The summed E-state index contributed by atoms with van der Waals surface area (Å²) in [5, 5.41) is 0. The minimum absolute atomic E-state index is 1.27. The predicted molar refractivity (Wildman–Crippen MR) is 75.8 cm³/mol. The van der Waals surface area contributed by atoms with E-state index in [1.807, 2.05) is 0 Å². The highest BCUT2D eigenvalue weighted by Gasteiger charge is 1.97. The summed E-state index contributed by atoms with van der Waals surface area (Å²) >= 11 is 2.32. The number of rotatable bonds is 2. The second kappa shape index (κ2) is 4.84. The standard InChI is InChI=1S/C13H11BI/c1-14-12-6-2-10(3-7-12)11-4-8-13(15)9-5-11/h2-9H,1H3. The summed E-state index contributed by atoms with van der Waals surface area (Å²) in [6, 6.07) is 17.2. The number of benzene rings is 2. The molecule has 2 aromatic rings. The molecule has 0 aromatic heterocycles. The SMILES string of the molecule is C[B]c1ccc(-c2ccc(I)cc2)cc1. The Morgan fingerprint density at radius 2 is 1.27 bits per heavy atom. The molecular weight excluding hydrogens is 294 g/mol. The van der Waals surface area contributed by atoms with Crippen LogP contribution in [0.2, 0.25) is 6.82 Å². The molecule has 0 unspecified atom stereocenters. The van der Waals surface area contributed by atoms with E-state index in [9.17, 15) is 0 Å². The third-order valence-electron chi connectivity index (χ3n) is 2.42. The lowest BCUT2D eigenvalue weighted by Crippen LogP contribution is -2.08. The highest BCUT2D eigenvalue weighted by atomic mass is 127. The summed E-state index contributed by atoms with van der Waals surface area (Å²) < 4.78 is 1.27. The first-order chi connectivity index (χ1) is 7.29. The largest absolute Gasteiger partial charge is 0.148 e. The zero-order valence-corrected chi connectivity index (χ0v) is 10.7. The van der Waals surface area contributed by atoms with Crippen LogP contribution in [0.1, 0.15) is 0 Å². The highest BCUT2D eigenvalue weighted by Crippen LogP contribution is 2.19. The molecule has 1 radical (unpaired) electrons. The van der Waals surface area contributed by atoms with Crippen LogP contribution in [-0.2, 0) is 0 Å². The molecule has 0 aliphatic rings. The predicted octanol–water partition coefficient (Wildman–Crippen LogP) is 3.34. The van der Waals surface area contributed by atoms with Crippen molar-refractivity contribution in [3.05, 3.63) is 52.1 Å². The van der Waals surface area contributed by atoms with Crippen molar-refractivity contribution in [2.24, 2.45) is 0 Å². The van der Waals surface area contributed by atoms with Crippen LogP contribution in [0.3, 0.4) is 0 Å². The van der Waals surface area contributed by atoms with Gasteiger partial charge in [0, 0.05) is 3.57 Å². The Labute approximate surface area is 105 Å². The summed E-state index contributed by atoms with van der Waals surface area (Å²) in [6.45, 7) is 2.06. The first kappa shape index (κ1) is 10.7. The second-order valence-corrected chi connectivity index (χ2v) is 4.66. The normalized spacial score (nSPS) is 10.0. The van der Waals surface area contributed by atoms with Crippen LogP contribution in [0.15, 0.2) is 48.5 Å². The van der Waals surface area contributed by atoms with Crippen molar-refractivity contribution in [3.63, 3.8) is 0 Å². The molecule has 0 bridgehead atoms. The quantitative estimate of drug-likeness (QED) is 0.590. The molecule has 2 rings (SSSR count). The summed E-state index contributed by atoms with van der Waals surface area (Å²) in [6.07, 6.45) is 0. The zero-order chi connectivity index (χ0) is 10.7. The molecular formula is C13H11BI. The van der Waals surface area contributed by atoms with E-state index in [1.54, 1.807) is 0 Å². The van der Waals surface area contributed by atoms with Crippen LogP contribution in [0.4, 0.5) is 0 Å². The molecule has 2 aromatic carbocycles. The van der Waals surface area contributed by atoms with E-state index in [0.29, 0.717) is 0 Å². The van der Waals surface area contributed by atoms with Crippen molar-refractivity contribution in [1.29, 1.82) is 0 Å². The molecule has 0 amide bonds. The lowest BCUT2D eigenvalue weighted by Gasteiger charge is -2.03. The van der Waals surface area contributed by atoms with Crippen LogP contribution in [-0.4, -0.2) is 7.28 Å². The minimum Gasteiger partial charge on any atom is -0.0881 e. The van der Waals surface area contributed by atoms with E-state index in [0.717, 1.165) is 0 Å². The van der Waals surface area contributed by atoms with Crippen LogP contribution in [0, 0.1) is 3.57 Å². The van der Waals surface area contributed by atoms with Gasteiger partial charge in [-0.25, -0.2) is 0 Å². The van der Waals surface area contributed by atoms with E-state index in [-0.39, 0.29) is 0 Å². The monoisotopic (exact) mass is 305 g/mol. The lowest BCUT2D eigenvalue weighted by molar-refractivity contribution is 1.60. The van der Waals surface area contributed by atoms with Crippen molar-refractivity contribution in [2.75, 3.05) is 0 Å². The lowest BCUT2D eigenvalue weighted by atomic mass is 9.73. The van der Waals surface area contributed by atoms with Gasteiger partial charge in [0.25, 0.3) is 0 Å². The van der Waals surface area contributed by atoms with Gasteiger partial charge in [-0.3, -0.25) is 0 Å². The van der Waals surface area contributed by atoms with Gasteiger partial charge in [0.2, 0.25) is 0 Å². The van der Waals surface area contributed by atoms with Crippen molar-refractivity contribution < 1.29 is 0 Å². The first-order valence-corrected chi connectivity index (χ1v) is 6.03. The third kappa shape index (κ3) is 2.62. The highest BCUT2D eigenvalue weighted by molar-refractivity contribution is 14.1. The van der Waals surface area contributed by atoms with Gasteiger partial charge in [0.15, 0.2) is 0 Å². The fourth-order valence-electron chi connectivity index (χ4n) is 1.51. The van der Waals surface area contributed by atoms with Gasteiger partial charge < -0.3 is 0 Å². The number of hydrogen-bond acceptors (Lipinski definition) is 0. The van der Waals surface area contributed by atoms with Crippen molar-refractivity contribution in [1.82, 2.24) is 0 Å². The minimum atomic E-state index is 1.27. The molecule has 0 atom stereocenters. The van der Waals surface area contributed by atoms with E-state index in [4.69, 9.17) is 0 Å². The molecule has 0 saturated heterocycles. The second-order valence-electron chi connectivity index (χ2n) is 3.42. The maximum atomic E-state index is 2.32. The number of halogens is 1. The van der Waals surface area contributed by atoms with Crippen molar-refractivity contribution in [2.45, 2.75) is 6.82 Å². The molecule has 0 fully saturated rings. The van der Waals surface area contributed by atoms with Crippen LogP contribution < -0.4 is 5.46 Å².